The van der Waals surface area contributed by atoms with Crippen LogP contribution >= 0.6 is 0 Å². The van der Waals surface area contributed by atoms with Crippen molar-refractivity contribution in [1.29, 1.82) is 0 Å². The van der Waals surface area contributed by atoms with Crippen LogP contribution in [0.4, 0.5) is 0 Å². The van der Waals surface area contributed by atoms with Crippen molar-refractivity contribution in [3.05, 3.63) is 66.0 Å². The Hall–Kier alpha value is -1.71. The Bertz CT molecular complexity index is 501. The highest BCUT2D eigenvalue weighted by Gasteiger charge is 2.28. The summed E-state index contributed by atoms with van der Waals surface area (Å²) in [6.45, 7) is 3.06. The van der Waals surface area contributed by atoms with Gasteiger partial charge in [0.1, 0.15) is 6.79 Å². The van der Waals surface area contributed by atoms with Crippen LogP contribution in [-0.2, 0) is 21.3 Å². The molecule has 2 rings (SSSR count). The van der Waals surface area contributed by atoms with Gasteiger partial charge in [-0.3, -0.25) is 4.98 Å². The van der Waals surface area contributed by atoms with Crippen molar-refractivity contribution in [2.24, 2.45) is 0 Å². The number of methoxy groups -OCH3 is 1. The molecule has 0 saturated heterocycles. The van der Waals surface area contributed by atoms with E-state index in [1.807, 2.05) is 24.4 Å². The molecule has 1 aromatic carbocycles. The molecule has 1 heterocycles. The Balaban J connectivity index is 2.19. The first-order chi connectivity index (χ1) is 9.74. The highest BCUT2D eigenvalue weighted by atomic mass is 16.7. The van der Waals surface area contributed by atoms with Gasteiger partial charge in [0.15, 0.2) is 0 Å². The molecule has 20 heavy (non-hydrogen) atoms. The quantitative estimate of drug-likeness (QED) is 0.572. The van der Waals surface area contributed by atoms with E-state index in [-0.39, 0.29) is 5.41 Å². The van der Waals surface area contributed by atoms with Crippen LogP contribution in [0, 0.1) is 0 Å². The van der Waals surface area contributed by atoms with Gasteiger partial charge in [-0.15, -0.1) is 0 Å². The Morgan fingerprint density at radius 2 is 1.80 bits per heavy atom. The number of benzene rings is 1. The molecule has 0 aliphatic rings. The molecule has 1 unspecified atom stereocenters. The fourth-order valence-corrected chi connectivity index (χ4v) is 2.33. The maximum Gasteiger partial charge on any atom is 0.146 e. The number of ether oxygens (including phenoxy) is 2. The van der Waals surface area contributed by atoms with Crippen molar-refractivity contribution in [2.75, 3.05) is 20.5 Å². The van der Waals surface area contributed by atoms with Crippen molar-refractivity contribution in [3.63, 3.8) is 0 Å². The Kier molecular flexibility index (Phi) is 5.27. The van der Waals surface area contributed by atoms with Gasteiger partial charge in [-0.05, 0) is 24.1 Å². The summed E-state index contributed by atoms with van der Waals surface area (Å²) >= 11 is 0. The summed E-state index contributed by atoms with van der Waals surface area (Å²) in [5.41, 5.74) is 2.16. The van der Waals surface area contributed by atoms with E-state index in [2.05, 4.69) is 42.2 Å². The smallest absolute Gasteiger partial charge is 0.146 e. The lowest BCUT2D eigenvalue weighted by molar-refractivity contribution is -0.0479. The van der Waals surface area contributed by atoms with E-state index < -0.39 is 0 Å². The molecule has 2 aromatic rings. The van der Waals surface area contributed by atoms with E-state index in [0.29, 0.717) is 13.4 Å². The van der Waals surface area contributed by atoms with Crippen LogP contribution in [0.3, 0.4) is 0 Å². The van der Waals surface area contributed by atoms with Crippen LogP contribution in [0.25, 0.3) is 0 Å². The minimum absolute atomic E-state index is 0.166. The van der Waals surface area contributed by atoms with E-state index in [0.717, 1.165) is 12.1 Å². The van der Waals surface area contributed by atoms with Crippen LogP contribution in [0.5, 0.6) is 0 Å². The van der Waals surface area contributed by atoms with Crippen molar-refractivity contribution in [3.8, 4) is 0 Å². The maximum atomic E-state index is 5.61. The summed E-state index contributed by atoms with van der Waals surface area (Å²) in [6.07, 6.45) is 2.71. The Labute approximate surface area is 120 Å². The number of nitrogens with zero attached hydrogens (tertiary/aromatic N) is 1. The van der Waals surface area contributed by atoms with E-state index in [9.17, 15) is 0 Å². The number of aromatic nitrogens is 1. The van der Waals surface area contributed by atoms with Gasteiger partial charge in [-0.2, -0.15) is 0 Å². The predicted molar refractivity (Wildman–Crippen MR) is 79.6 cm³/mol. The number of pyridine rings is 1. The third kappa shape index (κ3) is 3.89. The van der Waals surface area contributed by atoms with Crippen molar-refractivity contribution in [2.45, 2.75) is 18.8 Å². The monoisotopic (exact) mass is 271 g/mol. The Morgan fingerprint density at radius 1 is 1.05 bits per heavy atom. The summed E-state index contributed by atoms with van der Waals surface area (Å²) in [4.78, 5) is 4.50. The minimum Gasteiger partial charge on any atom is -0.359 e. The van der Waals surface area contributed by atoms with Crippen LogP contribution in [0.2, 0.25) is 0 Å². The molecule has 0 N–H and O–H groups in total. The van der Waals surface area contributed by atoms with Gasteiger partial charge in [0.25, 0.3) is 0 Å². The van der Waals surface area contributed by atoms with Crippen LogP contribution in [0.15, 0.2) is 54.7 Å². The van der Waals surface area contributed by atoms with Gasteiger partial charge in [0.2, 0.25) is 0 Å². The van der Waals surface area contributed by atoms with Gasteiger partial charge in [0, 0.05) is 24.4 Å². The first-order valence-corrected chi connectivity index (χ1v) is 6.77. The molecule has 0 radical (unpaired) electrons. The summed E-state index contributed by atoms with van der Waals surface area (Å²) in [6, 6.07) is 16.4. The lowest BCUT2D eigenvalue weighted by Crippen LogP contribution is -2.32. The van der Waals surface area contributed by atoms with E-state index >= 15 is 0 Å². The fourth-order valence-electron chi connectivity index (χ4n) is 2.33. The third-order valence-electron chi connectivity index (χ3n) is 3.34. The molecular weight excluding hydrogens is 250 g/mol. The summed E-state index contributed by atoms with van der Waals surface area (Å²) in [5, 5.41) is 0. The average molecular weight is 271 g/mol. The fraction of sp³-hybridized carbons (Fsp3) is 0.353. The molecule has 3 heteroatoms. The number of hydrogen-bond donors (Lipinski definition) is 0. The van der Waals surface area contributed by atoms with Crippen LogP contribution < -0.4 is 0 Å². The molecular formula is C17H21NO2. The summed E-state index contributed by atoms with van der Waals surface area (Å²) in [5.74, 6) is 0. The first kappa shape index (κ1) is 14.7. The maximum absolute atomic E-state index is 5.61. The highest BCUT2D eigenvalue weighted by Crippen LogP contribution is 2.27. The third-order valence-corrected chi connectivity index (χ3v) is 3.34. The SMILES string of the molecule is COCOCC(C)(Cc1ccccc1)c1ccccn1. The second-order valence-electron chi connectivity index (χ2n) is 5.19. The van der Waals surface area contributed by atoms with Gasteiger partial charge >= 0.3 is 0 Å². The topological polar surface area (TPSA) is 31.4 Å². The van der Waals surface area contributed by atoms with Gasteiger partial charge in [-0.25, -0.2) is 0 Å². The molecule has 0 spiro atoms. The van der Waals surface area contributed by atoms with Crippen LogP contribution in [0.1, 0.15) is 18.2 Å². The van der Waals surface area contributed by atoms with E-state index in [1.165, 1.54) is 5.56 Å². The molecule has 0 aliphatic heterocycles. The second-order valence-corrected chi connectivity index (χ2v) is 5.19. The molecule has 3 nitrogen and oxygen atoms in total. The lowest BCUT2D eigenvalue weighted by atomic mass is 9.81. The summed E-state index contributed by atoms with van der Waals surface area (Å²) < 4.78 is 10.6. The van der Waals surface area contributed by atoms with Crippen molar-refractivity contribution in [1.82, 2.24) is 4.98 Å². The molecule has 0 bridgehead atoms. The first-order valence-electron chi connectivity index (χ1n) is 6.77. The number of rotatable bonds is 7. The van der Waals surface area contributed by atoms with Gasteiger partial charge < -0.3 is 9.47 Å². The van der Waals surface area contributed by atoms with Gasteiger partial charge in [-0.1, -0.05) is 43.3 Å². The number of hydrogen-bond acceptors (Lipinski definition) is 3. The molecule has 0 amide bonds. The zero-order valence-corrected chi connectivity index (χ0v) is 12.1. The lowest BCUT2D eigenvalue weighted by Gasteiger charge is -2.29. The van der Waals surface area contributed by atoms with E-state index in [4.69, 9.17) is 9.47 Å². The largest absolute Gasteiger partial charge is 0.359 e. The van der Waals surface area contributed by atoms with Crippen molar-refractivity contribution < 1.29 is 9.47 Å². The molecule has 0 saturated carbocycles. The van der Waals surface area contributed by atoms with Gasteiger partial charge in [0.05, 0.1) is 6.61 Å². The second kappa shape index (κ2) is 7.17. The molecule has 0 aliphatic carbocycles. The zero-order valence-electron chi connectivity index (χ0n) is 12.1. The zero-order chi connectivity index (χ0) is 14.3. The normalized spacial score (nSPS) is 13.9. The molecule has 1 atom stereocenters. The molecule has 106 valence electrons. The minimum atomic E-state index is -0.166. The summed E-state index contributed by atoms with van der Waals surface area (Å²) in [7, 11) is 1.63. The predicted octanol–water partition coefficient (Wildman–Crippen LogP) is 3.20. The Morgan fingerprint density at radius 3 is 2.45 bits per heavy atom. The van der Waals surface area contributed by atoms with E-state index in [1.54, 1.807) is 7.11 Å². The molecule has 1 aromatic heterocycles. The highest BCUT2D eigenvalue weighted by molar-refractivity contribution is 5.24. The average Bonchev–Trinajstić information content (AvgIpc) is 2.49. The standard InChI is InChI=1S/C17H21NO2/c1-17(13-20-14-19-2,16-10-6-7-11-18-16)12-15-8-4-3-5-9-15/h3-11H,12-14H2,1-2H3. The van der Waals surface area contributed by atoms with Crippen molar-refractivity contribution >= 4 is 0 Å². The molecule has 0 fully saturated rings. The van der Waals surface area contributed by atoms with Crippen LogP contribution in [-0.4, -0.2) is 25.5 Å².